The molecular formula is C16H15BrN2O4. The van der Waals surface area contributed by atoms with E-state index < -0.39 is 0 Å². The third-order valence-electron chi connectivity index (χ3n) is 3.36. The van der Waals surface area contributed by atoms with E-state index in [-0.39, 0.29) is 24.1 Å². The molecule has 0 aliphatic carbocycles. The molecule has 0 saturated heterocycles. The Bertz CT molecular complexity index is 775. The summed E-state index contributed by atoms with van der Waals surface area (Å²) in [7, 11) is 0. The fraction of sp³-hybridized carbons (Fsp3) is 0.250. The number of para-hydroxylation sites is 2. The molecule has 1 amide bonds. The molecule has 2 heterocycles. The predicted octanol–water partition coefficient (Wildman–Crippen LogP) is 1.57. The van der Waals surface area contributed by atoms with Gasteiger partial charge in [0.05, 0.1) is 6.54 Å². The molecule has 0 fully saturated rings. The van der Waals surface area contributed by atoms with E-state index >= 15 is 0 Å². The van der Waals surface area contributed by atoms with Crippen molar-refractivity contribution in [3.05, 3.63) is 57.4 Å². The average molecular weight is 379 g/mol. The van der Waals surface area contributed by atoms with Crippen molar-refractivity contribution >= 4 is 21.8 Å². The summed E-state index contributed by atoms with van der Waals surface area (Å²) in [4.78, 5) is 23.6. The minimum Gasteiger partial charge on any atom is -0.486 e. The SMILES string of the molecule is O=C(Cn1cc(Br)ccc1=O)NCC1COc2ccccc2O1. The van der Waals surface area contributed by atoms with Gasteiger partial charge in [-0.2, -0.15) is 0 Å². The first-order valence-electron chi connectivity index (χ1n) is 7.13. The molecule has 1 unspecified atom stereocenters. The summed E-state index contributed by atoms with van der Waals surface area (Å²) in [6.45, 7) is 0.645. The molecule has 0 saturated carbocycles. The minimum absolute atomic E-state index is 0.0392. The van der Waals surface area contributed by atoms with E-state index in [2.05, 4.69) is 21.2 Å². The first-order chi connectivity index (χ1) is 11.1. The number of carbonyl (C=O) groups is 1. The van der Waals surface area contributed by atoms with Crippen LogP contribution in [0.1, 0.15) is 0 Å². The smallest absolute Gasteiger partial charge is 0.251 e. The van der Waals surface area contributed by atoms with Crippen molar-refractivity contribution in [1.82, 2.24) is 9.88 Å². The lowest BCUT2D eigenvalue weighted by molar-refractivity contribution is -0.122. The molecule has 23 heavy (non-hydrogen) atoms. The number of fused-ring (bicyclic) bond motifs is 1. The van der Waals surface area contributed by atoms with Gasteiger partial charge >= 0.3 is 0 Å². The maximum Gasteiger partial charge on any atom is 0.251 e. The van der Waals surface area contributed by atoms with Gasteiger partial charge in [0, 0.05) is 16.7 Å². The van der Waals surface area contributed by atoms with E-state index in [1.165, 1.54) is 10.6 Å². The van der Waals surface area contributed by atoms with E-state index in [0.29, 0.717) is 24.7 Å². The second kappa shape index (κ2) is 6.87. The summed E-state index contributed by atoms with van der Waals surface area (Å²) in [5.41, 5.74) is -0.227. The lowest BCUT2D eigenvalue weighted by Crippen LogP contribution is -2.42. The zero-order valence-electron chi connectivity index (χ0n) is 12.2. The Kier molecular flexibility index (Phi) is 4.66. The number of hydrogen-bond acceptors (Lipinski definition) is 4. The Morgan fingerprint density at radius 1 is 1.26 bits per heavy atom. The quantitative estimate of drug-likeness (QED) is 0.876. The van der Waals surface area contributed by atoms with Crippen LogP contribution in [0.3, 0.4) is 0 Å². The standard InChI is InChI=1S/C16H15BrN2O4/c17-11-5-6-16(21)19(8-11)9-15(20)18-7-12-10-22-13-3-1-2-4-14(13)23-12/h1-6,8,12H,7,9-10H2,(H,18,20). The molecule has 1 aromatic heterocycles. The number of halogens is 1. The third kappa shape index (κ3) is 3.92. The summed E-state index contributed by atoms with van der Waals surface area (Å²) in [5.74, 6) is 1.12. The Morgan fingerprint density at radius 3 is 2.87 bits per heavy atom. The molecule has 1 aliphatic heterocycles. The molecule has 1 N–H and O–H groups in total. The van der Waals surface area contributed by atoms with Crippen molar-refractivity contribution in [3.63, 3.8) is 0 Å². The van der Waals surface area contributed by atoms with Crippen LogP contribution in [-0.4, -0.2) is 29.7 Å². The zero-order chi connectivity index (χ0) is 16.2. The first kappa shape index (κ1) is 15.6. The van der Waals surface area contributed by atoms with Crippen molar-refractivity contribution in [1.29, 1.82) is 0 Å². The topological polar surface area (TPSA) is 69.6 Å². The Balaban J connectivity index is 1.54. The van der Waals surface area contributed by atoms with E-state index in [4.69, 9.17) is 9.47 Å². The summed E-state index contributed by atoms with van der Waals surface area (Å²) in [6.07, 6.45) is 1.33. The predicted molar refractivity (Wildman–Crippen MR) is 87.8 cm³/mol. The largest absolute Gasteiger partial charge is 0.486 e. The van der Waals surface area contributed by atoms with Crippen LogP contribution < -0.4 is 20.3 Å². The van der Waals surface area contributed by atoms with Crippen molar-refractivity contribution in [2.24, 2.45) is 0 Å². The van der Waals surface area contributed by atoms with Gasteiger partial charge in [-0.25, -0.2) is 0 Å². The van der Waals surface area contributed by atoms with Gasteiger partial charge in [0.1, 0.15) is 19.3 Å². The molecule has 0 bridgehead atoms. The minimum atomic E-state index is -0.257. The van der Waals surface area contributed by atoms with Crippen molar-refractivity contribution in [2.45, 2.75) is 12.6 Å². The first-order valence-corrected chi connectivity index (χ1v) is 7.92. The number of hydrogen-bond donors (Lipinski definition) is 1. The summed E-state index contributed by atoms with van der Waals surface area (Å²) in [5, 5.41) is 2.76. The number of ether oxygens (including phenoxy) is 2. The second-order valence-corrected chi connectivity index (χ2v) is 6.03. The van der Waals surface area contributed by atoms with Crippen LogP contribution >= 0.6 is 15.9 Å². The Labute approximate surface area is 141 Å². The van der Waals surface area contributed by atoms with Crippen LogP contribution in [0.5, 0.6) is 11.5 Å². The van der Waals surface area contributed by atoms with Gasteiger partial charge in [-0.05, 0) is 34.1 Å². The van der Waals surface area contributed by atoms with Crippen molar-refractivity contribution in [3.8, 4) is 11.5 Å². The molecule has 1 atom stereocenters. The molecule has 6 nitrogen and oxygen atoms in total. The number of nitrogens with one attached hydrogen (secondary N) is 1. The van der Waals surface area contributed by atoms with E-state index in [9.17, 15) is 9.59 Å². The number of pyridine rings is 1. The second-order valence-electron chi connectivity index (χ2n) is 5.12. The zero-order valence-corrected chi connectivity index (χ0v) is 13.8. The lowest BCUT2D eigenvalue weighted by Gasteiger charge is -2.26. The highest BCUT2D eigenvalue weighted by molar-refractivity contribution is 9.10. The molecule has 3 rings (SSSR count). The van der Waals surface area contributed by atoms with E-state index in [0.717, 1.165) is 4.47 Å². The normalized spacial score (nSPS) is 16.0. The maximum absolute atomic E-state index is 12.0. The highest BCUT2D eigenvalue weighted by Crippen LogP contribution is 2.30. The summed E-state index contributed by atoms with van der Waals surface area (Å²) >= 11 is 3.28. The van der Waals surface area contributed by atoms with Crippen molar-refractivity contribution in [2.75, 3.05) is 13.2 Å². The molecule has 120 valence electrons. The van der Waals surface area contributed by atoms with Crippen LogP contribution in [0.25, 0.3) is 0 Å². The third-order valence-corrected chi connectivity index (χ3v) is 3.82. The van der Waals surface area contributed by atoms with Crippen LogP contribution in [0.15, 0.2) is 51.9 Å². The lowest BCUT2D eigenvalue weighted by atomic mass is 10.2. The van der Waals surface area contributed by atoms with Crippen LogP contribution in [0, 0.1) is 0 Å². The molecule has 2 aromatic rings. The highest BCUT2D eigenvalue weighted by Gasteiger charge is 2.21. The van der Waals surface area contributed by atoms with Crippen LogP contribution in [0.2, 0.25) is 0 Å². The number of carbonyl (C=O) groups excluding carboxylic acids is 1. The van der Waals surface area contributed by atoms with Gasteiger partial charge < -0.3 is 19.4 Å². The number of rotatable bonds is 4. The monoisotopic (exact) mass is 378 g/mol. The molecule has 0 radical (unpaired) electrons. The number of benzene rings is 1. The summed E-state index contributed by atoms with van der Waals surface area (Å²) in [6, 6.07) is 10.4. The van der Waals surface area contributed by atoms with E-state index in [1.54, 1.807) is 12.3 Å². The highest BCUT2D eigenvalue weighted by atomic mass is 79.9. The van der Waals surface area contributed by atoms with E-state index in [1.807, 2.05) is 24.3 Å². The number of nitrogens with zero attached hydrogens (tertiary/aromatic N) is 1. The summed E-state index contributed by atoms with van der Waals surface area (Å²) < 4.78 is 13.4. The van der Waals surface area contributed by atoms with Gasteiger partial charge in [-0.1, -0.05) is 12.1 Å². The van der Waals surface area contributed by atoms with Crippen molar-refractivity contribution < 1.29 is 14.3 Å². The number of amides is 1. The number of aromatic nitrogens is 1. The van der Waals surface area contributed by atoms with Gasteiger partial charge in [0.15, 0.2) is 11.5 Å². The van der Waals surface area contributed by atoms with Crippen LogP contribution in [-0.2, 0) is 11.3 Å². The molecule has 0 spiro atoms. The Morgan fingerprint density at radius 2 is 2.04 bits per heavy atom. The van der Waals surface area contributed by atoms with Gasteiger partial charge in [0.2, 0.25) is 5.91 Å². The average Bonchev–Trinajstić information content (AvgIpc) is 2.56. The molecule has 7 heteroatoms. The van der Waals surface area contributed by atoms with Gasteiger partial charge in [0.25, 0.3) is 5.56 Å². The van der Waals surface area contributed by atoms with Gasteiger partial charge in [-0.3, -0.25) is 9.59 Å². The molecule has 1 aliphatic rings. The molecule has 1 aromatic carbocycles. The fourth-order valence-electron chi connectivity index (χ4n) is 2.23. The van der Waals surface area contributed by atoms with Gasteiger partial charge in [-0.15, -0.1) is 0 Å². The molecular weight excluding hydrogens is 364 g/mol. The van der Waals surface area contributed by atoms with Crippen LogP contribution in [0.4, 0.5) is 0 Å². The Hall–Kier alpha value is -2.28. The fourth-order valence-corrected chi connectivity index (χ4v) is 2.61. The maximum atomic E-state index is 12.0.